The van der Waals surface area contributed by atoms with Crippen molar-refractivity contribution in [1.29, 1.82) is 0 Å². The fourth-order valence-electron chi connectivity index (χ4n) is 4.11. The average molecular weight is 554 g/mol. The van der Waals surface area contributed by atoms with Gasteiger partial charge in [0.1, 0.15) is 35.5 Å². The molecular weight excluding hydrogens is 523 g/mol. The molecule has 1 amide bonds. The van der Waals surface area contributed by atoms with E-state index in [1.54, 1.807) is 23.4 Å². The normalized spacial score (nSPS) is 16.4. The molecule has 4 heterocycles. The minimum Gasteiger partial charge on any atom is -0.462 e. The van der Waals surface area contributed by atoms with Crippen LogP contribution in [0.15, 0.2) is 12.4 Å². The van der Waals surface area contributed by atoms with Crippen LogP contribution in [0.5, 0.6) is 6.01 Å². The smallest absolute Gasteiger partial charge is 0.443 e. The van der Waals surface area contributed by atoms with Crippen molar-refractivity contribution in [3.05, 3.63) is 29.1 Å². The first-order chi connectivity index (χ1) is 17.9. The summed E-state index contributed by atoms with van der Waals surface area (Å²) in [7, 11) is 3.81. The van der Waals surface area contributed by atoms with Gasteiger partial charge in [-0.3, -0.25) is 4.79 Å². The Labute approximate surface area is 222 Å². The van der Waals surface area contributed by atoms with Gasteiger partial charge in [0, 0.05) is 50.2 Å². The first-order valence-electron chi connectivity index (χ1n) is 12.0. The van der Waals surface area contributed by atoms with Crippen LogP contribution in [0, 0.1) is 13.8 Å². The fraction of sp³-hybridized carbons (Fsp3) is 0.565. The lowest BCUT2D eigenvalue weighted by Gasteiger charge is -2.40. The second-order valence-corrected chi connectivity index (χ2v) is 10.3. The molecule has 1 fully saturated rings. The first kappa shape index (κ1) is 27.7. The van der Waals surface area contributed by atoms with Gasteiger partial charge in [0.05, 0.1) is 0 Å². The third-order valence-corrected chi connectivity index (χ3v) is 7.17. The molecule has 0 aromatic carbocycles. The van der Waals surface area contributed by atoms with Gasteiger partial charge < -0.3 is 19.4 Å². The van der Waals surface area contributed by atoms with Crippen molar-refractivity contribution >= 4 is 22.2 Å². The number of halogens is 3. The SMILES string of the molecule is Cc1nc(C)n(CC(=O)N2CCN(c3sc(C(F)(F)F)nc3-c3cnc(OCCN(C)C)nc3)C[C@H]2C)n1. The van der Waals surface area contributed by atoms with Crippen LogP contribution in [0.4, 0.5) is 18.2 Å². The van der Waals surface area contributed by atoms with E-state index in [0.29, 0.717) is 66.3 Å². The number of anilines is 1. The molecular formula is C23H30F3N9O2S. The van der Waals surface area contributed by atoms with E-state index in [1.807, 2.05) is 30.8 Å². The van der Waals surface area contributed by atoms with Gasteiger partial charge in [-0.2, -0.15) is 18.3 Å². The Morgan fingerprint density at radius 3 is 2.47 bits per heavy atom. The highest BCUT2D eigenvalue weighted by molar-refractivity contribution is 7.16. The van der Waals surface area contributed by atoms with Gasteiger partial charge in [0.2, 0.25) is 10.9 Å². The minimum atomic E-state index is -4.59. The summed E-state index contributed by atoms with van der Waals surface area (Å²) in [6.07, 6.45) is -1.75. The number of amides is 1. The van der Waals surface area contributed by atoms with Crippen molar-refractivity contribution in [1.82, 2.24) is 39.5 Å². The van der Waals surface area contributed by atoms with Gasteiger partial charge in [0.15, 0.2) is 0 Å². The predicted molar refractivity (Wildman–Crippen MR) is 135 cm³/mol. The molecule has 0 spiro atoms. The summed E-state index contributed by atoms with van der Waals surface area (Å²) in [5.41, 5.74) is 0.512. The number of carbonyl (C=O) groups excluding carboxylic acids is 1. The summed E-state index contributed by atoms with van der Waals surface area (Å²) >= 11 is 0.580. The van der Waals surface area contributed by atoms with Gasteiger partial charge in [-0.05, 0) is 34.9 Å². The number of rotatable bonds is 8. The highest BCUT2D eigenvalue weighted by Gasteiger charge is 2.38. The van der Waals surface area contributed by atoms with Gasteiger partial charge >= 0.3 is 12.2 Å². The summed E-state index contributed by atoms with van der Waals surface area (Å²) in [6, 6.07) is -0.101. The number of aryl methyl sites for hydroxylation is 2. The van der Waals surface area contributed by atoms with Crippen molar-refractivity contribution in [2.75, 3.05) is 51.8 Å². The monoisotopic (exact) mass is 553 g/mol. The lowest BCUT2D eigenvalue weighted by molar-refractivity contribution is -0.137. The summed E-state index contributed by atoms with van der Waals surface area (Å²) in [5, 5.41) is 3.66. The zero-order valence-corrected chi connectivity index (χ0v) is 22.7. The largest absolute Gasteiger partial charge is 0.462 e. The van der Waals surface area contributed by atoms with E-state index in [9.17, 15) is 18.0 Å². The van der Waals surface area contributed by atoms with E-state index in [2.05, 4.69) is 25.0 Å². The maximum Gasteiger partial charge on any atom is 0.443 e. The maximum absolute atomic E-state index is 13.6. The molecule has 3 aromatic heterocycles. The molecule has 15 heteroatoms. The molecule has 0 N–H and O–H groups in total. The van der Waals surface area contributed by atoms with Gasteiger partial charge in [-0.1, -0.05) is 11.3 Å². The summed E-state index contributed by atoms with van der Waals surface area (Å²) in [6.45, 7) is 7.56. The molecule has 1 atom stereocenters. The van der Waals surface area contributed by atoms with E-state index >= 15 is 0 Å². The number of nitrogens with zero attached hydrogens (tertiary/aromatic N) is 9. The molecule has 4 rings (SSSR count). The van der Waals surface area contributed by atoms with Crippen molar-refractivity contribution in [2.45, 2.75) is 39.5 Å². The number of ether oxygens (including phenoxy) is 1. The van der Waals surface area contributed by atoms with Crippen LogP contribution in [0.25, 0.3) is 11.3 Å². The Balaban J connectivity index is 1.51. The Hall–Kier alpha value is -3.33. The lowest BCUT2D eigenvalue weighted by Crippen LogP contribution is -2.54. The van der Waals surface area contributed by atoms with Crippen molar-refractivity contribution in [2.24, 2.45) is 0 Å². The molecule has 1 saturated heterocycles. The molecule has 1 aliphatic rings. The van der Waals surface area contributed by atoms with Crippen LogP contribution in [0.3, 0.4) is 0 Å². The second-order valence-electron chi connectivity index (χ2n) is 9.32. The van der Waals surface area contributed by atoms with Gasteiger partial charge in [-0.25, -0.2) is 24.6 Å². The Kier molecular flexibility index (Phi) is 8.16. The standard InChI is InChI=1S/C23H30F3N9O2S/c1-14-12-33(6-7-34(14)18(36)13-35-16(3)29-15(2)31-35)20-19(30-21(38-20)23(24,25)26)17-10-27-22(28-11-17)37-9-8-32(4)5/h10-11,14H,6-9,12-13H2,1-5H3/t14-/m1/s1. The molecule has 0 saturated carbocycles. The number of piperazine rings is 1. The number of hydrogen-bond acceptors (Lipinski definition) is 10. The Morgan fingerprint density at radius 1 is 1.18 bits per heavy atom. The van der Waals surface area contributed by atoms with Crippen LogP contribution >= 0.6 is 11.3 Å². The quantitative estimate of drug-likeness (QED) is 0.416. The summed E-state index contributed by atoms with van der Waals surface area (Å²) in [5.74, 6) is 1.11. The van der Waals surface area contributed by atoms with Crippen LogP contribution in [0.1, 0.15) is 23.6 Å². The second kappa shape index (κ2) is 11.2. The maximum atomic E-state index is 13.6. The number of likely N-dealkylation sites (N-methyl/N-ethyl adjacent to an activating group) is 1. The summed E-state index contributed by atoms with van der Waals surface area (Å²) in [4.78, 5) is 34.9. The number of thiazole rings is 1. The molecule has 0 unspecified atom stereocenters. The number of alkyl halides is 3. The van der Waals surface area contributed by atoms with Gasteiger partial charge in [0.25, 0.3) is 0 Å². The molecule has 3 aromatic rings. The Morgan fingerprint density at radius 2 is 1.89 bits per heavy atom. The highest BCUT2D eigenvalue weighted by atomic mass is 32.1. The molecule has 38 heavy (non-hydrogen) atoms. The van der Waals surface area contributed by atoms with Crippen molar-refractivity contribution in [3.63, 3.8) is 0 Å². The molecule has 0 radical (unpaired) electrons. The zero-order valence-electron chi connectivity index (χ0n) is 21.9. The summed E-state index contributed by atoms with van der Waals surface area (Å²) < 4.78 is 47.9. The Bertz CT molecular complexity index is 1260. The molecule has 0 bridgehead atoms. The molecule has 1 aliphatic heterocycles. The lowest BCUT2D eigenvalue weighted by atomic mass is 10.1. The van der Waals surface area contributed by atoms with Crippen molar-refractivity contribution in [3.8, 4) is 17.3 Å². The van der Waals surface area contributed by atoms with Crippen LogP contribution in [-0.4, -0.2) is 98.3 Å². The van der Waals surface area contributed by atoms with E-state index in [0.717, 1.165) is 0 Å². The van der Waals surface area contributed by atoms with Crippen LogP contribution < -0.4 is 9.64 Å². The van der Waals surface area contributed by atoms with Crippen LogP contribution in [-0.2, 0) is 17.5 Å². The fourth-order valence-corrected chi connectivity index (χ4v) is 5.10. The van der Waals surface area contributed by atoms with Crippen LogP contribution in [0.2, 0.25) is 0 Å². The number of aromatic nitrogens is 6. The average Bonchev–Trinajstić information content (AvgIpc) is 3.42. The third-order valence-electron chi connectivity index (χ3n) is 6.01. The minimum absolute atomic E-state index is 0.0569. The van der Waals surface area contributed by atoms with Gasteiger partial charge in [-0.15, -0.1) is 0 Å². The third kappa shape index (κ3) is 6.38. The highest BCUT2D eigenvalue weighted by Crippen LogP contribution is 2.43. The molecule has 206 valence electrons. The first-order valence-corrected chi connectivity index (χ1v) is 12.8. The van der Waals surface area contributed by atoms with E-state index in [-0.39, 0.29) is 30.2 Å². The topological polar surface area (TPSA) is 105 Å². The van der Waals surface area contributed by atoms with E-state index in [1.165, 1.54) is 12.4 Å². The zero-order chi connectivity index (χ0) is 27.6. The predicted octanol–water partition coefficient (Wildman–Crippen LogP) is 2.50. The van der Waals surface area contributed by atoms with E-state index in [4.69, 9.17) is 4.74 Å². The molecule has 0 aliphatic carbocycles. The number of hydrogen-bond donors (Lipinski definition) is 0. The number of carbonyl (C=O) groups is 1. The molecule has 11 nitrogen and oxygen atoms in total. The van der Waals surface area contributed by atoms with Crippen molar-refractivity contribution < 1.29 is 22.7 Å². The van der Waals surface area contributed by atoms with E-state index < -0.39 is 11.2 Å².